The van der Waals surface area contributed by atoms with E-state index < -0.39 is 82.2 Å². The third kappa shape index (κ3) is 11.1. The van der Waals surface area contributed by atoms with Gasteiger partial charge in [-0.25, -0.2) is 4.79 Å². The molecular formula is C16H32N2O3. The van der Waals surface area contributed by atoms with Gasteiger partial charge in [-0.1, -0.05) is 27.4 Å². The van der Waals surface area contributed by atoms with Crippen LogP contribution in [0.25, 0.3) is 0 Å². The third-order valence-electron chi connectivity index (χ3n) is 2.09. The first-order chi connectivity index (χ1) is 15.1. The quantitative estimate of drug-likeness (QED) is 0.759. The smallest absolute Gasteiger partial charge is 0.408 e. The Labute approximate surface area is 148 Å². The lowest BCUT2D eigenvalue weighted by atomic mass is 10.0. The van der Waals surface area contributed by atoms with Crippen LogP contribution in [-0.2, 0) is 9.53 Å². The van der Waals surface area contributed by atoms with Crippen LogP contribution in [0.5, 0.6) is 0 Å². The highest BCUT2D eigenvalue weighted by Gasteiger charge is 2.24. The summed E-state index contributed by atoms with van der Waals surface area (Å²) in [7, 11) is 0. The molecule has 5 heteroatoms. The van der Waals surface area contributed by atoms with Gasteiger partial charge in [-0.3, -0.25) is 4.79 Å². The van der Waals surface area contributed by atoms with Crippen LogP contribution in [0.15, 0.2) is 0 Å². The van der Waals surface area contributed by atoms with Crippen molar-refractivity contribution in [3.05, 3.63) is 0 Å². The standard InChI is InChI=1S/C16H32N2O3/c1-11(2)8-9-17-14(19)13(10-12(3)4)18-15(20)21-16(5,6)7/h11-13H,8-10H2,1-7H3,(H,17,19)(H,18,20)/t13-/m0/s1/i1D3,2D3,3D3,4D3,11D,12D. The van der Waals surface area contributed by atoms with Crippen LogP contribution in [0.4, 0.5) is 4.79 Å². The van der Waals surface area contributed by atoms with Gasteiger partial charge in [-0.2, -0.15) is 0 Å². The Bertz CT molecular complexity index is 721. The second kappa shape index (κ2) is 8.90. The Kier molecular flexibility index (Phi) is 2.74. The zero-order chi connectivity index (χ0) is 28.5. The minimum atomic E-state index is -3.41. The van der Waals surface area contributed by atoms with Crippen molar-refractivity contribution in [1.82, 2.24) is 10.6 Å². The molecule has 0 radical (unpaired) electrons. The van der Waals surface area contributed by atoms with Crippen LogP contribution in [0.2, 0.25) is 0 Å². The Balaban J connectivity index is 5.97. The van der Waals surface area contributed by atoms with Crippen LogP contribution >= 0.6 is 0 Å². The molecule has 5 nitrogen and oxygen atoms in total. The zero-order valence-corrected chi connectivity index (χ0v) is 12.4. The Morgan fingerprint density at radius 2 is 1.81 bits per heavy atom. The van der Waals surface area contributed by atoms with Gasteiger partial charge in [0.15, 0.2) is 0 Å². The van der Waals surface area contributed by atoms with Crippen molar-refractivity contribution in [2.75, 3.05) is 6.54 Å². The summed E-state index contributed by atoms with van der Waals surface area (Å²) < 4.78 is 111. The fraction of sp³-hybridized carbons (Fsp3) is 0.875. The Morgan fingerprint density at radius 3 is 2.33 bits per heavy atom. The highest BCUT2D eigenvalue weighted by atomic mass is 16.6. The lowest BCUT2D eigenvalue weighted by Gasteiger charge is -2.24. The predicted molar refractivity (Wildman–Crippen MR) is 85.1 cm³/mol. The summed E-state index contributed by atoms with van der Waals surface area (Å²) in [5.41, 5.74) is -1.05. The van der Waals surface area contributed by atoms with Crippen LogP contribution in [-0.4, -0.2) is 30.2 Å². The van der Waals surface area contributed by atoms with Gasteiger partial charge in [0.2, 0.25) is 5.91 Å². The van der Waals surface area contributed by atoms with Crippen LogP contribution in [0, 0.1) is 11.8 Å². The molecule has 0 aromatic rings. The molecule has 1 atom stereocenters. The van der Waals surface area contributed by atoms with Gasteiger partial charge < -0.3 is 15.4 Å². The molecule has 2 N–H and O–H groups in total. The summed E-state index contributed by atoms with van der Waals surface area (Å²) in [6, 6.07) is -1.94. The highest BCUT2D eigenvalue weighted by Crippen LogP contribution is 2.09. The fourth-order valence-corrected chi connectivity index (χ4v) is 1.30. The molecule has 0 bridgehead atoms. The van der Waals surface area contributed by atoms with Gasteiger partial charge in [-0.15, -0.1) is 0 Å². The lowest BCUT2D eigenvalue weighted by molar-refractivity contribution is -0.123. The van der Waals surface area contributed by atoms with E-state index in [1.807, 2.05) is 5.32 Å². The minimum Gasteiger partial charge on any atom is -0.444 e. The monoisotopic (exact) mass is 314 g/mol. The summed E-state index contributed by atoms with van der Waals surface area (Å²) in [6.45, 7) is -9.57. The van der Waals surface area contributed by atoms with Gasteiger partial charge in [0.25, 0.3) is 0 Å². The molecule has 2 amide bonds. The first kappa shape index (κ1) is 6.47. The number of rotatable bonds is 7. The number of alkyl carbamates (subject to hydrolysis) is 1. The van der Waals surface area contributed by atoms with E-state index in [9.17, 15) is 9.59 Å². The maximum atomic E-state index is 12.8. The van der Waals surface area contributed by atoms with E-state index in [-0.39, 0.29) is 0 Å². The normalized spacial score (nSPS) is 26.4. The molecule has 0 aliphatic rings. The molecule has 0 saturated carbocycles. The Morgan fingerprint density at radius 1 is 1.19 bits per heavy atom. The zero-order valence-electron chi connectivity index (χ0n) is 26.4. The molecule has 0 aliphatic carbocycles. The molecule has 0 aromatic carbocycles. The van der Waals surface area contributed by atoms with Crippen molar-refractivity contribution in [1.29, 1.82) is 0 Å². The van der Waals surface area contributed by atoms with Crippen molar-refractivity contribution >= 4 is 12.0 Å². The number of nitrogens with one attached hydrogen (secondary N) is 2. The summed E-state index contributed by atoms with van der Waals surface area (Å²) in [6.07, 6.45) is -3.32. The molecule has 21 heavy (non-hydrogen) atoms. The van der Waals surface area contributed by atoms with Crippen LogP contribution in [0.1, 0.15) is 80.2 Å². The first-order valence-electron chi connectivity index (χ1n) is 13.4. The van der Waals surface area contributed by atoms with Crippen molar-refractivity contribution in [3.8, 4) is 0 Å². The lowest BCUT2D eigenvalue weighted by Crippen LogP contribution is -2.49. The Hall–Kier alpha value is -1.26. The number of hydrogen-bond acceptors (Lipinski definition) is 3. The van der Waals surface area contributed by atoms with Crippen molar-refractivity contribution < 1.29 is 33.5 Å². The van der Waals surface area contributed by atoms with E-state index in [0.29, 0.717) is 0 Å². The number of ether oxygens (including phenoxy) is 1. The topological polar surface area (TPSA) is 67.4 Å². The summed E-state index contributed by atoms with van der Waals surface area (Å²) in [5, 5.41) is 4.12. The van der Waals surface area contributed by atoms with Gasteiger partial charge in [0, 0.05) is 25.7 Å². The summed E-state index contributed by atoms with van der Waals surface area (Å²) in [4.78, 5) is 25.0. The van der Waals surface area contributed by atoms with Gasteiger partial charge in [0.05, 0.1) is 0 Å². The van der Waals surface area contributed by atoms with Crippen LogP contribution < -0.4 is 10.6 Å². The summed E-state index contributed by atoms with van der Waals surface area (Å²) >= 11 is 0. The van der Waals surface area contributed by atoms with E-state index in [4.69, 9.17) is 23.9 Å². The number of carbonyl (C=O) groups is 2. The fourth-order valence-electron chi connectivity index (χ4n) is 1.30. The minimum absolute atomic E-state index is 0.696. The van der Waals surface area contributed by atoms with E-state index in [1.165, 1.54) is 20.8 Å². The predicted octanol–water partition coefficient (Wildman–Crippen LogP) is 3.09. The number of hydrogen-bond donors (Lipinski definition) is 2. The number of amides is 2. The largest absolute Gasteiger partial charge is 0.444 e. The van der Waals surface area contributed by atoms with Gasteiger partial charge in [-0.05, 0) is 45.4 Å². The van der Waals surface area contributed by atoms with Gasteiger partial charge in [0.1, 0.15) is 11.6 Å². The molecule has 0 spiro atoms. The van der Waals surface area contributed by atoms with E-state index >= 15 is 0 Å². The molecule has 0 aromatic heterocycles. The van der Waals surface area contributed by atoms with Gasteiger partial charge >= 0.3 is 6.09 Å². The van der Waals surface area contributed by atoms with Crippen molar-refractivity contribution in [2.24, 2.45) is 11.8 Å². The SMILES string of the molecule is [2H]C([2H])([2H])C([2H])(CCNC(=O)[C@H](CC([2H])(C([2H])([2H])[2H])C([2H])([2H])[2H])NC(=O)OC(C)(C)C)C([2H])([2H])[2H]. The van der Waals surface area contributed by atoms with E-state index in [0.717, 1.165) is 0 Å². The van der Waals surface area contributed by atoms with Crippen LogP contribution in [0.3, 0.4) is 0 Å². The second-order valence-electron chi connectivity index (χ2n) is 5.40. The first-order valence-corrected chi connectivity index (χ1v) is 6.36. The highest BCUT2D eigenvalue weighted by molar-refractivity contribution is 5.85. The molecular weight excluding hydrogens is 268 g/mol. The molecule has 0 unspecified atom stereocenters. The summed E-state index contributed by atoms with van der Waals surface area (Å²) in [5.74, 6) is -7.38. The maximum absolute atomic E-state index is 12.8. The molecule has 0 rings (SSSR count). The average Bonchev–Trinajstić information content (AvgIpc) is 2.54. The third-order valence-corrected chi connectivity index (χ3v) is 2.09. The molecule has 0 aliphatic heterocycles. The molecule has 0 saturated heterocycles. The van der Waals surface area contributed by atoms with E-state index in [1.54, 1.807) is 0 Å². The molecule has 0 fully saturated rings. The van der Waals surface area contributed by atoms with Crippen molar-refractivity contribution in [2.45, 2.75) is 72.7 Å². The molecule has 0 heterocycles. The maximum Gasteiger partial charge on any atom is 0.408 e. The van der Waals surface area contributed by atoms with Crippen molar-refractivity contribution in [3.63, 3.8) is 0 Å². The average molecular weight is 315 g/mol. The second-order valence-corrected chi connectivity index (χ2v) is 5.40. The number of carbonyl (C=O) groups excluding carboxylic acids is 2. The van der Waals surface area contributed by atoms with E-state index in [2.05, 4.69) is 5.32 Å². The molecule has 124 valence electrons.